The van der Waals surface area contributed by atoms with Crippen LogP contribution < -0.4 is 5.73 Å². The van der Waals surface area contributed by atoms with Gasteiger partial charge in [0.2, 0.25) is 0 Å². The Morgan fingerprint density at radius 1 is 1.23 bits per heavy atom. The smallest absolute Gasteiger partial charge is 0.0106 e. The molecule has 0 spiro atoms. The molecular formula is C12H25N. The summed E-state index contributed by atoms with van der Waals surface area (Å²) >= 11 is 0. The second-order valence-corrected chi connectivity index (χ2v) is 2.43. The van der Waals surface area contributed by atoms with Crippen molar-refractivity contribution in [3.63, 3.8) is 0 Å². The van der Waals surface area contributed by atoms with Crippen molar-refractivity contribution in [2.24, 2.45) is 5.73 Å². The summed E-state index contributed by atoms with van der Waals surface area (Å²) in [5, 5.41) is 0. The van der Waals surface area contributed by atoms with Crippen molar-refractivity contribution < 1.29 is 0 Å². The molecule has 0 atom stereocenters. The highest BCUT2D eigenvalue weighted by atomic mass is 14.5. The maximum atomic E-state index is 4.85. The molecule has 2 N–H and O–H groups in total. The van der Waals surface area contributed by atoms with Gasteiger partial charge in [-0.1, -0.05) is 37.6 Å². The molecule has 0 fully saturated rings. The standard InChI is InChI=1S/C8H14.C2H7N.C2H4/c1-5-7(3)8(4)6-2;1-2-3;1-2/h5H,1,6H2,2-4H3;2-3H2,1H3;1-2H2/b8-7-;;. The van der Waals surface area contributed by atoms with Crippen molar-refractivity contribution in [1.29, 1.82) is 0 Å². The van der Waals surface area contributed by atoms with Gasteiger partial charge in [-0.05, 0) is 26.8 Å². The summed E-state index contributed by atoms with van der Waals surface area (Å²) in [5.41, 5.74) is 7.59. The van der Waals surface area contributed by atoms with Gasteiger partial charge < -0.3 is 5.73 Å². The zero-order valence-corrected chi connectivity index (χ0v) is 9.69. The molecule has 0 bridgehead atoms. The normalized spacial score (nSPS) is 9.62. The molecule has 0 saturated carbocycles. The average molecular weight is 183 g/mol. The van der Waals surface area contributed by atoms with E-state index in [4.69, 9.17) is 5.73 Å². The highest BCUT2D eigenvalue weighted by molar-refractivity contribution is 5.19. The fourth-order valence-corrected chi connectivity index (χ4v) is 0.453. The van der Waals surface area contributed by atoms with E-state index in [1.54, 1.807) is 0 Å². The number of allylic oxidation sites excluding steroid dienone is 3. The summed E-state index contributed by atoms with van der Waals surface area (Å²) in [6.45, 7) is 18.7. The van der Waals surface area contributed by atoms with E-state index in [0.717, 1.165) is 13.0 Å². The number of hydrogen-bond donors (Lipinski definition) is 1. The fourth-order valence-electron chi connectivity index (χ4n) is 0.453. The van der Waals surface area contributed by atoms with Gasteiger partial charge in [-0.15, -0.1) is 13.2 Å². The number of nitrogens with two attached hydrogens (primary N) is 1. The lowest BCUT2D eigenvalue weighted by Crippen LogP contribution is -1.87. The molecule has 0 aromatic heterocycles. The molecule has 0 aliphatic heterocycles. The molecule has 0 saturated heterocycles. The van der Waals surface area contributed by atoms with Gasteiger partial charge in [-0.2, -0.15) is 0 Å². The predicted molar refractivity (Wildman–Crippen MR) is 64.8 cm³/mol. The van der Waals surface area contributed by atoms with Crippen molar-refractivity contribution in [1.82, 2.24) is 0 Å². The largest absolute Gasteiger partial charge is 0.331 e. The summed E-state index contributed by atoms with van der Waals surface area (Å²) in [4.78, 5) is 0. The first kappa shape index (κ1) is 18.1. The third-order valence-corrected chi connectivity index (χ3v) is 1.51. The Morgan fingerprint density at radius 2 is 1.54 bits per heavy atom. The summed E-state index contributed by atoms with van der Waals surface area (Å²) in [5.74, 6) is 0. The number of hydrogen-bond acceptors (Lipinski definition) is 1. The molecule has 0 amide bonds. The van der Waals surface area contributed by atoms with Crippen molar-refractivity contribution in [2.45, 2.75) is 34.1 Å². The van der Waals surface area contributed by atoms with Gasteiger partial charge in [0.15, 0.2) is 0 Å². The summed E-state index contributed by atoms with van der Waals surface area (Å²) in [7, 11) is 0. The molecule has 0 aliphatic rings. The molecule has 0 aromatic rings. The van der Waals surface area contributed by atoms with Crippen LogP contribution in [0.15, 0.2) is 37.0 Å². The van der Waals surface area contributed by atoms with Crippen LogP contribution in [0.1, 0.15) is 34.1 Å². The molecule has 0 rings (SSSR count). The van der Waals surface area contributed by atoms with E-state index in [2.05, 4.69) is 40.5 Å². The molecule has 0 aromatic carbocycles. The molecule has 13 heavy (non-hydrogen) atoms. The van der Waals surface area contributed by atoms with Gasteiger partial charge >= 0.3 is 0 Å². The summed E-state index contributed by atoms with van der Waals surface area (Å²) in [6, 6.07) is 0. The minimum Gasteiger partial charge on any atom is -0.331 e. The lowest BCUT2D eigenvalue weighted by Gasteiger charge is -1.96. The minimum atomic E-state index is 0.750. The molecular weight excluding hydrogens is 158 g/mol. The van der Waals surface area contributed by atoms with Gasteiger partial charge in [0.1, 0.15) is 0 Å². The van der Waals surface area contributed by atoms with Crippen molar-refractivity contribution in [3.8, 4) is 0 Å². The molecule has 0 aliphatic carbocycles. The molecule has 1 nitrogen and oxygen atoms in total. The molecule has 0 heterocycles. The fraction of sp³-hybridized carbons (Fsp3) is 0.500. The van der Waals surface area contributed by atoms with Crippen LogP contribution in [0.2, 0.25) is 0 Å². The van der Waals surface area contributed by atoms with Crippen molar-refractivity contribution >= 4 is 0 Å². The van der Waals surface area contributed by atoms with Crippen LogP contribution in [0.3, 0.4) is 0 Å². The number of rotatable bonds is 2. The quantitative estimate of drug-likeness (QED) is 0.513. The Balaban J connectivity index is -0.000000169. The van der Waals surface area contributed by atoms with Crippen LogP contribution in [0.25, 0.3) is 0 Å². The van der Waals surface area contributed by atoms with Crippen LogP contribution in [0, 0.1) is 0 Å². The van der Waals surface area contributed by atoms with Gasteiger partial charge in [0.05, 0.1) is 0 Å². The Morgan fingerprint density at radius 3 is 1.62 bits per heavy atom. The van der Waals surface area contributed by atoms with Crippen LogP contribution in [-0.4, -0.2) is 6.54 Å². The zero-order chi connectivity index (χ0) is 11.3. The van der Waals surface area contributed by atoms with Crippen LogP contribution in [0.4, 0.5) is 0 Å². The Bertz CT molecular complexity index is 134. The van der Waals surface area contributed by atoms with E-state index in [9.17, 15) is 0 Å². The summed E-state index contributed by atoms with van der Waals surface area (Å²) < 4.78 is 0. The Labute approximate surface area is 84.0 Å². The monoisotopic (exact) mass is 183 g/mol. The maximum Gasteiger partial charge on any atom is -0.0106 e. The van der Waals surface area contributed by atoms with Gasteiger partial charge in [-0.25, -0.2) is 0 Å². The lowest BCUT2D eigenvalue weighted by atomic mass is 10.1. The minimum absolute atomic E-state index is 0.750. The lowest BCUT2D eigenvalue weighted by molar-refractivity contribution is 1.07. The van der Waals surface area contributed by atoms with E-state index in [1.165, 1.54) is 11.1 Å². The van der Waals surface area contributed by atoms with Gasteiger partial charge in [0, 0.05) is 0 Å². The first-order valence-corrected chi connectivity index (χ1v) is 4.62. The predicted octanol–water partition coefficient (Wildman–Crippen LogP) is 3.69. The van der Waals surface area contributed by atoms with Crippen LogP contribution in [0.5, 0.6) is 0 Å². The van der Waals surface area contributed by atoms with Crippen LogP contribution in [-0.2, 0) is 0 Å². The maximum absolute atomic E-state index is 4.85. The SMILES string of the molecule is C=C.C=C/C(C)=C(/C)CC.CCN. The molecule has 0 unspecified atom stereocenters. The van der Waals surface area contributed by atoms with Gasteiger partial charge in [-0.3, -0.25) is 0 Å². The zero-order valence-electron chi connectivity index (χ0n) is 9.69. The highest BCUT2D eigenvalue weighted by Crippen LogP contribution is 2.06. The van der Waals surface area contributed by atoms with E-state index in [1.807, 2.05) is 13.0 Å². The molecule has 78 valence electrons. The third kappa shape index (κ3) is 18.3. The highest BCUT2D eigenvalue weighted by Gasteiger charge is 1.85. The van der Waals surface area contributed by atoms with E-state index in [0.29, 0.717) is 0 Å². The molecule has 0 radical (unpaired) electrons. The third-order valence-electron chi connectivity index (χ3n) is 1.51. The Hall–Kier alpha value is -0.820. The average Bonchev–Trinajstić information content (AvgIpc) is 2.19. The molecule has 1 heteroatoms. The van der Waals surface area contributed by atoms with Crippen LogP contribution >= 0.6 is 0 Å². The van der Waals surface area contributed by atoms with E-state index >= 15 is 0 Å². The Kier molecular flexibility index (Phi) is 24.1. The second kappa shape index (κ2) is 17.3. The topological polar surface area (TPSA) is 26.0 Å². The first-order valence-electron chi connectivity index (χ1n) is 4.62. The summed E-state index contributed by atoms with van der Waals surface area (Å²) in [6.07, 6.45) is 3.04. The van der Waals surface area contributed by atoms with Crippen molar-refractivity contribution in [2.75, 3.05) is 6.54 Å². The van der Waals surface area contributed by atoms with Crippen molar-refractivity contribution in [3.05, 3.63) is 37.0 Å². The first-order chi connectivity index (χ1) is 6.13. The second-order valence-electron chi connectivity index (χ2n) is 2.43. The van der Waals surface area contributed by atoms with E-state index in [-0.39, 0.29) is 0 Å². The van der Waals surface area contributed by atoms with Gasteiger partial charge in [0.25, 0.3) is 0 Å². The van der Waals surface area contributed by atoms with E-state index < -0.39 is 0 Å².